The molecular formula is C22H34N2O7S. The molecule has 1 atom stereocenters. The molecule has 1 aromatic carbocycles. The van der Waals surface area contributed by atoms with Crippen LogP contribution in [0.15, 0.2) is 29.2 Å². The second kappa shape index (κ2) is 13.1. The topological polar surface area (TPSA) is 116 Å². The number of nitrogens with zero attached hydrogens (tertiary/aromatic N) is 2. The molecule has 2 fully saturated rings. The third-order valence-corrected chi connectivity index (χ3v) is 6.03. The molecule has 3 rings (SSSR count). The Labute approximate surface area is 192 Å². The van der Waals surface area contributed by atoms with Crippen LogP contribution in [-0.4, -0.2) is 56.6 Å². The maximum absolute atomic E-state index is 11.6. The number of carbonyl (C=O) groups excluding carboxylic acids is 2. The minimum atomic E-state index is -0.968. The summed E-state index contributed by atoms with van der Waals surface area (Å²) >= 11 is 0. The van der Waals surface area contributed by atoms with Gasteiger partial charge in [-0.05, 0) is 65.5 Å². The molecule has 10 heteroatoms. The van der Waals surface area contributed by atoms with Gasteiger partial charge in [-0.15, -0.1) is 0 Å². The van der Waals surface area contributed by atoms with E-state index in [2.05, 4.69) is 4.74 Å². The summed E-state index contributed by atoms with van der Waals surface area (Å²) in [5.74, 6) is -0.211. The minimum absolute atomic E-state index is 0.0431. The zero-order valence-corrected chi connectivity index (χ0v) is 20.3. The normalized spacial score (nSPS) is 16.0. The van der Waals surface area contributed by atoms with Crippen LogP contribution < -0.4 is 0 Å². The Morgan fingerprint density at radius 3 is 2.03 bits per heavy atom. The SMILES string of the molecule is CC(C)(C)OC(=O)N1CCCC1.CCOC(C)=O.O=[N+]([O-])c1ccc(S(=O)C2CC2)cc1. The quantitative estimate of drug-likeness (QED) is 0.362. The summed E-state index contributed by atoms with van der Waals surface area (Å²) in [6, 6.07) is 5.95. The van der Waals surface area contributed by atoms with Gasteiger partial charge in [0.15, 0.2) is 0 Å². The Morgan fingerprint density at radius 2 is 1.69 bits per heavy atom. The fourth-order valence-corrected chi connectivity index (χ4v) is 3.96. The van der Waals surface area contributed by atoms with Crippen molar-refractivity contribution in [3.05, 3.63) is 34.4 Å². The molecule has 180 valence electrons. The Balaban J connectivity index is 0.000000260. The van der Waals surface area contributed by atoms with Crippen LogP contribution in [-0.2, 0) is 25.1 Å². The van der Waals surface area contributed by atoms with E-state index in [1.807, 2.05) is 20.8 Å². The first kappa shape index (κ1) is 27.5. The van der Waals surface area contributed by atoms with E-state index in [0.717, 1.165) is 38.8 Å². The molecule has 32 heavy (non-hydrogen) atoms. The van der Waals surface area contributed by atoms with Crippen molar-refractivity contribution in [1.82, 2.24) is 4.90 Å². The molecule has 0 aromatic heterocycles. The van der Waals surface area contributed by atoms with Crippen LogP contribution in [0.1, 0.15) is 60.3 Å². The predicted octanol–water partition coefficient (Wildman–Crippen LogP) is 4.45. The van der Waals surface area contributed by atoms with E-state index in [0.29, 0.717) is 11.5 Å². The van der Waals surface area contributed by atoms with E-state index in [1.54, 1.807) is 24.0 Å². The molecule has 0 bridgehead atoms. The van der Waals surface area contributed by atoms with Gasteiger partial charge in [0.2, 0.25) is 0 Å². The highest BCUT2D eigenvalue weighted by atomic mass is 32.2. The molecular weight excluding hydrogens is 436 g/mol. The van der Waals surface area contributed by atoms with Crippen molar-refractivity contribution in [3.8, 4) is 0 Å². The molecule has 1 heterocycles. The fourth-order valence-electron chi connectivity index (χ4n) is 2.61. The molecule has 1 aliphatic carbocycles. The van der Waals surface area contributed by atoms with Crippen LogP contribution in [0.5, 0.6) is 0 Å². The molecule has 1 aliphatic heterocycles. The van der Waals surface area contributed by atoms with Crippen LogP contribution in [0, 0.1) is 10.1 Å². The first-order chi connectivity index (χ1) is 14.9. The van der Waals surface area contributed by atoms with Crippen molar-refractivity contribution in [2.75, 3.05) is 19.7 Å². The van der Waals surface area contributed by atoms with E-state index in [1.165, 1.54) is 19.1 Å². The molecule has 1 unspecified atom stereocenters. The molecule has 1 saturated heterocycles. The highest BCUT2D eigenvalue weighted by molar-refractivity contribution is 7.86. The third-order valence-electron chi connectivity index (χ3n) is 4.21. The number of ether oxygens (including phenoxy) is 2. The van der Waals surface area contributed by atoms with Gasteiger partial charge < -0.3 is 14.4 Å². The number of non-ortho nitro benzene ring substituents is 1. The Kier molecular flexibility index (Phi) is 11.3. The number of carbonyl (C=O) groups is 2. The van der Waals surface area contributed by atoms with Gasteiger partial charge in [-0.3, -0.25) is 19.1 Å². The summed E-state index contributed by atoms with van der Waals surface area (Å²) in [7, 11) is -0.968. The van der Waals surface area contributed by atoms with Crippen molar-refractivity contribution in [1.29, 1.82) is 0 Å². The van der Waals surface area contributed by atoms with Crippen LogP contribution in [0.2, 0.25) is 0 Å². The van der Waals surface area contributed by atoms with E-state index >= 15 is 0 Å². The first-order valence-corrected chi connectivity index (χ1v) is 11.9. The second-order valence-corrected chi connectivity index (χ2v) is 10.1. The zero-order valence-electron chi connectivity index (χ0n) is 19.5. The first-order valence-electron chi connectivity index (χ1n) is 10.7. The molecule has 0 N–H and O–H groups in total. The third kappa shape index (κ3) is 11.2. The molecule has 2 aliphatic rings. The van der Waals surface area contributed by atoms with Crippen molar-refractivity contribution >= 4 is 28.5 Å². The summed E-state index contributed by atoms with van der Waals surface area (Å²) in [6.07, 6.45) is 4.06. The second-order valence-electron chi connectivity index (χ2n) is 8.35. The molecule has 1 aromatic rings. The maximum atomic E-state index is 11.6. The lowest BCUT2D eigenvalue weighted by molar-refractivity contribution is -0.384. The van der Waals surface area contributed by atoms with E-state index in [4.69, 9.17) is 4.74 Å². The number of nitro benzene ring substituents is 1. The molecule has 9 nitrogen and oxygen atoms in total. The predicted molar refractivity (Wildman–Crippen MR) is 122 cm³/mol. The smallest absolute Gasteiger partial charge is 0.410 e. The van der Waals surface area contributed by atoms with Gasteiger partial charge in [-0.2, -0.15) is 0 Å². The van der Waals surface area contributed by atoms with Gasteiger partial charge in [0.1, 0.15) is 5.60 Å². The van der Waals surface area contributed by atoms with Crippen LogP contribution in [0.4, 0.5) is 10.5 Å². The number of hydrogen-bond donors (Lipinski definition) is 0. The number of likely N-dealkylation sites (tertiary alicyclic amines) is 1. The number of nitro groups is 1. The largest absolute Gasteiger partial charge is 0.466 e. The van der Waals surface area contributed by atoms with Gasteiger partial charge in [0, 0.05) is 42.3 Å². The molecule has 1 saturated carbocycles. The number of rotatable bonds is 4. The van der Waals surface area contributed by atoms with E-state index in [9.17, 15) is 23.9 Å². The highest BCUT2D eigenvalue weighted by Gasteiger charge is 2.29. The minimum Gasteiger partial charge on any atom is -0.466 e. The van der Waals surface area contributed by atoms with E-state index in [-0.39, 0.29) is 28.6 Å². The highest BCUT2D eigenvalue weighted by Crippen LogP contribution is 2.30. The fraction of sp³-hybridized carbons (Fsp3) is 0.636. The Morgan fingerprint density at radius 1 is 1.16 bits per heavy atom. The maximum Gasteiger partial charge on any atom is 0.410 e. The standard InChI is InChI=1S/C9H9NO3S.C9H17NO2.C4H8O2/c11-10(12)7-1-3-8(4-2-7)14(13)9-5-6-9;1-9(2,3)12-8(11)10-6-4-5-7-10;1-3-6-4(2)5/h1-4,9H,5-6H2;4-7H2,1-3H3;3H2,1-2H3. The average molecular weight is 471 g/mol. The lowest BCUT2D eigenvalue weighted by atomic mass is 10.2. The van der Waals surface area contributed by atoms with Gasteiger partial charge in [-0.25, -0.2) is 4.79 Å². The molecule has 0 spiro atoms. The van der Waals surface area contributed by atoms with Crippen LogP contribution >= 0.6 is 0 Å². The lowest BCUT2D eigenvalue weighted by Crippen LogP contribution is -2.34. The zero-order chi connectivity index (χ0) is 24.3. The number of esters is 1. The number of benzene rings is 1. The van der Waals surface area contributed by atoms with Crippen molar-refractivity contribution in [2.24, 2.45) is 0 Å². The summed E-state index contributed by atoms with van der Waals surface area (Å²) in [4.78, 5) is 33.6. The van der Waals surface area contributed by atoms with Crippen molar-refractivity contribution in [3.63, 3.8) is 0 Å². The van der Waals surface area contributed by atoms with Gasteiger partial charge in [-0.1, -0.05) is 0 Å². The summed E-state index contributed by atoms with van der Waals surface area (Å²) in [5.41, 5.74) is -0.318. The van der Waals surface area contributed by atoms with Gasteiger partial charge in [0.05, 0.1) is 22.3 Å². The summed E-state index contributed by atoms with van der Waals surface area (Å²) in [5, 5.41) is 10.6. The average Bonchev–Trinajstić information content (AvgIpc) is 3.40. The lowest BCUT2D eigenvalue weighted by Gasteiger charge is -2.23. The van der Waals surface area contributed by atoms with Gasteiger partial charge >= 0.3 is 12.1 Å². The summed E-state index contributed by atoms with van der Waals surface area (Å²) < 4.78 is 21.2. The molecule has 0 radical (unpaired) electrons. The van der Waals surface area contributed by atoms with Crippen molar-refractivity contribution in [2.45, 2.75) is 76.0 Å². The molecule has 1 amide bonds. The number of hydrogen-bond acceptors (Lipinski definition) is 7. The Hall–Kier alpha value is -2.49. The summed E-state index contributed by atoms with van der Waals surface area (Å²) in [6.45, 7) is 11.0. The van der Waals surface area contributed by atoms with Crippen LogP contribution in [0.3, 0.4) is 0 Å². The van der Waals surface area contributed by atoms with Crippen LogP contribution in [0.25, 0.3) is 0 Å². The van der Waals surface area contributed by atoms with Crippen molar-refractivity contribution < 1.29 is 28.2 Å². The van der Waals surface area contributed by atoms with E-state index < -0.39 is 15.7 Å². The number of amides is 1. The van der Waals surface area contributed by atoms with Gasteiger partial charge in [0.25, 0.3) is 5.69 Å². The Bertz CT molecular complexity index is 780. The monoisotopic (exact) mass is 470 g/mol.